The summed E-state index contributed by atoms with van der Waals surface area (Å²) in [5.41, 5.74) is 2.63. The maximum absolute atomic E-state index is 13.5. The standard InChI is InChI=1S/C25H27N3O3S/c1-4-18-17(16-10-7-8-11-19(16)31-18)14-27(3)25(30)22-15(2)21-23(32-22)26-20-12-6-5-9-13-28(20)24(21)29/h7-8,10-11H,4-6,9,12-14H2,1-3H3. The van der Waals surface area contributed by atoms with E-state index in [2.05, 4.69) is 6.92 Å². The van der Waals surface area contributed by atoms with Gasteiger partial charge in [0.2, 0.25) is 0 Å². The van der Waals surface area contributed by atoms with Crippen molar-refractivity contribution < 1.29 is 9.21 Å². The van der Waals surface area contributed by atoms with E-state index in [0.717, 1.165) is 65.8 Å². The maximum Gasteiger partial charge on any atom is 0.264 e. The molecule has 0 fully saturated rings. The average molecular weight is 450 g/mol. The molecule has 6 nitrogen and oxygen atoms in total. The van der Waals surface area contributed by atoms with Gasteiger partial charge < -0.3 is 9.32 Å². The van der Waals surface area contributed by atoms with Crippen LogP contribution >= 0.6 is 11.3 Å². The summed E-state index contributed by atoms with van der Waals surface area (Å²) in [6.45, 7) is 5.10. The van der Waals surface area contributed by atoms with Gasteiger partial charge in [0.25, 0.3) is 11.5 Å². The molecule has 1 aliphatic heterocycles. The van der Waals surface area contributed by atoms with Crippen molar-refractivity contribution in [2.45, 2.75) is 59.0 Å². The molecule has 0 radical (unpaired) electrons. The molecule has 0 N–H and O–H groups in total. The van der Waals surface area contributed by atoms with Crippen molar-refractivity contribution in [3.63, 3.8) is 0 Å². The fourth-order valence-electron chi connectivity index (χ4n) is 4.70. The molecule has 5 rings (SSSR count). The van der Waals surface area contributed by atoms with Gasteiger partial charge in [-0.2, -0.15) is 0 Å². The van der Waals surface area contributed by atoms with E-state index in [0.29, 0.717) is 28.2 Å². The number of hydrogen-bond acceptors (Lipinski definition) is 5. The molecule has 0 aliphatic carbocycles. The van der Waals surface area contributed by atoms with Crippen molar-refractivity contribution in [2.24, 2.45) is 0 Å². The maximum atomic E-state index is 13.5. The number of thiophene rings is 1. The molecule has 1 aliphatic rings. The smallest absolute Gasteiger partial charge is 0.264 e. The lowest BCUT2D eigenvalue weighted by atomic mass is 10.1. The van der Waals surface area contributed by atoms with Crippen molar-refractivity contribution >= 4 is 38.4 Å². The van der Waals surface area contributed by atoms with Crippen LogP contribution in [0.4, 0.5) is 0 Å². The van der Waals surface area contributed by atoms with E-state index in [1.165, 1.54) is 11.3 Å². The van der Waals surface area contributed by atoms with Crippen LogP contribution in [-0.4, -0.2) is 27.4 Å². The number of carbonyl (C=O) groups excluding carboxylic acids is 1. The molecule has 0 spiro atoms. The third kappa shape index (κ3) is 3.35. The predicted molar refractivity (Wildman–Crippen MR) is 128 cm³/mol. The Kier molecular flexibility index (Phi) is 5.37. The van der Waals surface area contributed by atoms with Gasteiger partial charge in [0, 0.05) is 43.9 Å². The first kappa shape index (κ1) is 20.9. The van der Waals surface area contributed by atoms with E-state index in [1.807, 2.05) is 42.8 Å². The molecule has 4 heterocycles. The number of furan rings is 1. The van der Waals surface area contributed by atoms with Gasteiger partial charge in [-0.25, -0.2) is 4.98 Å². The molecule has 166 valence electrons. The van der Waals surface area contributed by atoms with Gasteiger partial charge in [0.1, 0.15) is 22.0 Å². The SMILES string of the molecule is CCc1oc2ccccc2c1CN(C)C(=O)c1sc2nc3n(c(=O)c2c1C)CCCCC3. The minimum absolute atomic E-state index is 0.00329. The van der Waals surface area contributed by atoms with E-state index >= 15 is 0 Å². The molecule has 0 saturated heterocycles. The summed E-state index contributed by atoms with van der Waals surface area (Å²) >= 11 is 1.34. The number of carbonyl (C=O) groups is 1. The lowest BCUT2D eigenvalue weighted by Crippen LogP contribution is -2.27. The quantitative estimate of drug-likeness (QED) is 0.436. The van der Waals surface area contributed by atoms with E-state index < -0.39 is 0 Å². The van der Waals surface area contributed by atoms with Crippen molar-refractivity contribution in [3.05, 3.63) is 62.2 Å². The highest BCUT2D eigenvalue weighted by atomic mass is 32.1. The number of aryl methyl sites for hydroxylation is 3. The number of benzene rings is 1. The predicted octanol–water partition coefficient (Wildman–Crippen LogP) is 5.07. The zero-order valence-corrected chi connectivity index (χ0v) is 19.6. The van der Waals surface area contributed by atoms with Gasteiger partial charge in [0.15, 0.2) is 0 Å². The summed E-state index contributed by atoms with van der Waals surface area (Å²) in [7, 11) is 1.81. The average Bonchev–Trinajstić information content (AvgIpc) is 3.20. The lowest BCUT2D eigenvalue weighted by molar-refractivity contribution is 0.0789. The van der Waals surface area contributed by atoms with Crippen molar-refractivity contribution in [1.82, 2.24) is 14.5 Å². The normalized spacial score (nSPS) is 14.0. The summed E-state index contributed by atoms with van der Waals surface area (Å²) in [5.74, 6) is 1.67. The molecule has 0 atom stereocenters. The third-order valence-corrected chi connectivity index (χ3v) is 7.62. The minimum Gasteiger partial charge on any atom is -0.461 e. The van der Waals surface area contributed by atoms with Crippen LogP contribution in [0.25, 0.3) is 21.2 Å². The van der Waals surface area contributed by atoms with E-state index in [4.69, 9.17) is 9.40 Å². The summed E-state index contributed by atoms with van der Waals surface area (Å²) in [6, 6.07) is 7.94. The lowest BCUT2D eigenvalue weighted by Gasteiger charge is -2.17. The van der Waals surface area contributed by atoms with Crippen LogP contribution < -0.4 is 5.56 Å². The Hall–Kier alpha value is -2.93. The molecule has 4 aromatic rings. The minimum atomic E-state index is -0.0857. The molecule has 32 heavy (non-hydrogen) atoms. The number of fused-ring (bicyclic) bond motifs is 3. The first-order valence-electron chi connectivity index (χ1n) is 11.3. The Labute approximate surface area is 190 Å². The molecule has 0 unspecified atom stereocenters. The van der Waals surface area contributed by atoms with Gasteiger partial charge >= 0.3 is 0 Å². The first-order valence-corrected chi connectivity index (χ1v) is 12.1. The van der Waals surface area contributed by atoms with Crippen LogP contribution in [0.5, 0.6) is 0 Å². The number of rotatable bonds is 4. The summed E-state index contributed by atoms with van der Waals surface area (Å²) in [6.07, 6.45) is 4.75. The van der Waals surface area contributed by atoms with Crippen molar-refractivity contribution in [2.75, 3.05) is 7.05 Å². The Bertz CT molecular complexity index is 1400. The Morgan fingerprint density at radius 3 is 2.88 bits per heavy atom. The van der Waals surface area contributed by atoms with Gasteiger partial charge in [-0.1, -0.05) is 31.5 Å². The molecule has 1 amide bonds. The summed E-state index contributed by atoms with van der Waals surface area (Å²) in [5, 5.41) is 1.64. The van der Waals surface area contributed by atoms with Gasteiger partial charge in [0.05, 0.1) is 10.3 Å². The zero-order valence-electron chi connectivity index (χ0n) is 18.7. The van der Waals surface area contributed by atoms with Gasteiger partial charge in [-0.05, 0) is 31.4 Å². The molecule has 0 bridgehead atoms. The molecular weight excluding hydrogens is 422 g/mol. The first-order chi connectivity index (χ1) is 15.5. The second kappa shape index (κ2) is 8.20. The topological polar surface area (TPSA) is 68.3 Å². The van der Waals surface area contributed by atoms with Crippen LogP contribution in [0, 0.1) is 6.92 Å². The number of para-hydroxylation sites is 1. The van der Waals surface area contributed by atoms with Gasteiger partial charge in [-0.3, -0.25) is 14.2 Å². The Balaban J connectivity index is 1.52. The number of hydrogen-bond donors (Lipinski definition) is 0. The van der Waals surface area contributed by atoms with E-state index in [9.17, 15) is 9.59 Å². The highest BCUT2D eigenvalue weighted by molar-refractivity contribution is 7.20. The molecule has 3 aromatic heterocycles. The van der Waals surface area contributed by atoms with Crippen LogP contribution in [0.15, 0.2) is 33.5 Å². The largest absolute Gasteiger partial charge is 0.461 e. The highest BCUT2D eigenvalue weighted by Crippen LogP contribution is 2.31. The Morgan fingerprint density at radius 1 is 1.25 bits per heavy atom. The van der Waals surface area contributed by atoms with E-state index in [1.54, 1.807) is 4.90 Å². The van der Waals surface area contributed by atoms with Crippen molar-refractivity contribution in [3.8, 4) is 0 Å². The van der Waals surface area contributed by atoms with Crippen LogP contribution in [-0.2, 0) is 25.9 Å². The fourth-order valence-corrected chi connectivity index (χ4v) is 5.89. The number of nitrogens with zero attached hydrogens (tertiary/aromatic N) is 3. The molecule has 7 heteroatoms. The van der Waals surface area contributed by atoms with Crippen LogP contribution in [0.3, 0.4) is 0 Å². The summed E-state index contributed by atoms with van der Waals surface area (Å²) < 4.78 is 7.82. The fraction of sp³-hybridized carbons (Fsp3) is 0.400. The molecule has 0 saturated carbocycles. The zero-order chi connectivity index (χ0) is 22.4. The van der Waals surface area contributed by atoms with Crippen molar-refractivity contribution in [1.29, 1.82) is 0 Å². The third-order valence-electron chi connectivity index (χ3n) is 6.45. The highest BCUT2D eigenvalue weighted by Gasteiger charge is 2.25. The van der Waals surface area contributed by atoms with Crippen LogP contribution in [0.1, 0.15) is 58.6 Å². The number of aromatic nitrogens is 2. The van der Waals surface area contributed by atoms with Crippen LogP contribution in [0.2, 0.25) is 0 Å². The van der Waals surface area contributed by atoms with E-state index in [-0.39, 0.29) is 11.5 Å². The molecular formula is C25H27N3O3S. The second-order valence-electron chi connectivity index (χ2n) is 8.55. The Morgan fingerprint density at radius 2 is 2.06 bits per heavy atom. The van der Waals surface area contributed by atoms with Gasteiger partial charge in [-0.15, -0.1) is 11.3 Å². The molecule has 1 aromatic carbocycles. The second-order valence-corrected chi connectivity index (χ2v) is 9.55. The monoisotopic (exact) mass is 449 g/mol. The summed E-state index contributed by atoms with van der Waals surface area (Å²) in [4.78, 5) is 34.5. The number of amides is 1.